The van der Waals surface area contributed by atoms with Crippen LogP contribution in [0, 0.1) is 70.1 Å². The highest BCUT2D eigenvalue weighted by molar-refractivity contribution is 7.90. The predicted octanol–water partition coefficient (Wildman–Crippen LogP) is 6.12. The maximum atomic E-state index is 15.3. The number of rotatable bonds is 40. The number of para-hydroxylation sites is 1. The van der Waals surface area contributed by atoms with Crippen LogP contribution >= 0.6 is 0 Å². The highest BCUT2D eigenvalue weighted by Crippen LogP contribution is 2.45. The Morgan fingerprint density at radius 2 is 0.969 bits per heavy atom. The number of fused-ring (bicyclic) bond motifs is 3. The Balaban J connectivity index is 1.13. The summed E-state index contributed by atoms with van der Waals surface area (Å²) in [7, 11) is -8.77. The minimum Gasteiger partial charge on any atom is -0.487 e. The van der Waals surface area contributed by atoms with Gasteiger partial charge in [0.05, 0.1) is 27.9 Å². The van der Waals surface area contributed by atoms with Crippen LogP contribution in [0.15, 0.2) is 70.6 Å². The van der Waals surface area contributed by atoms with E-state index in [0.29, 0.717) is 86.2 Å². The van der Waals surface area contributed by atoms with Crippen molar-refractivity contribution in [3.63, 3.8) is 0 Å². The van der Waals surface area contributed by atoms with Crippen LogP contribution < -0.4 is 83.1 Å². The van der Waals surface area contributed by atoms with Gasteiger partial charge in [0.15, 0.2) is 0 Å². The SMILES string of the molecule is CC[C@H](C)[C@H](NC(=O)[C@@H](N)Cc1ccccc1)C(=O)N[C@@H](C)C(=O)N[C@@H](Cc1cn(C(=O)OC(C)(C)C)c2ccccc12)C(=O)N[C@@H](CC(C)C)C(=O)N[C@H](C(=O)N[C@@H](CCCNC(=N)NS(=O)(=O)c1c(C)c(C)c2c(c1C)CC(C)(C)O2)C(=O)NCC(=O)N[C@@H](CCCNC(=N)NS(=O)(=O)c1c(C)c(C)c2c(c1C)CC(C)(C)O2)C(=O)NCC(=O)OC(C)(C)C)C(C)C. The van der Waals surface area contributed by atoms with E-state index in [0.717, 1.165) is 11.1 Å². The van der Waals surface area contributed by atoms with Crippen molar-refractivity contribution in [2.24, 2.45) is 23.5 Å². The van der Waals surface area contributed by atoms with Crippen LogP contribution in [0.2, 0.25) is 0 Å². The van der Waals surface area contributed by atoms with E-state index in [9.17, 15) is 55.2 Å². The quantitative estimate of drug-likeness (QED) is 0.00909. The molecular formula is C91H135N17O19S2. The van der Waals surface area contributed by atoms with E-state index >= 15 is 14.4 Å². The van der Waals surface area contributed by atoms with Gasteiger partial charge >= 0.3 is 12.1 Å². The molecule has 0 spiro atoms. The lowest BCUT2D eigenvalue weighted by molar-refractivity contribution is -0.154. The number of esters is 1. The molecule has 0 fully saturated rings. The fourth-order valence-corrected chi connectivity index (χ4v) is 18.5. The first kappa shape index (κ1) is 105. The van der Waals surface area contributed by atoms with Gasteiger partial charge in [0.2, 0.25) is 65.1 Å². The molecule has 0 saturated carbocycles. The lowest BCUT2D eigenvalue weighted by Crippen LogP contribution is -2.61. The molecule has 2 aliphatic heterocycles. The summed E-state index contributed by atoms with van der Waals surface area (Å²) in [6.45, 7) is 37.5. The summed E-state index contributed by atoms with van der Waals surface area (Å²) in [4.78, 5) is 157. The second kappa shape index (κ2) is 43.8. The number of hydrogen-bond donors (Lipinski definition) is 16. The van der Waals surface area contributed by atoms with Crippen molar-refractivity contribution < 1.29 is 88.5 Å². The van der Waals surface area contributed by atoms with Gasteiger partial charge in [0, 0.05) is 55.1 Å². The average Bonchev–Trinajstić information content (AvgIpc) is 1.63. The zero-order valence-electron chi connectivity index (χ0n) is 78.6. The highest BCUT2D eigenvalue weighted by atomic mass is 32.2. The van der Waals surface area contributed by atoms with Crippen LogP contribution in [0.1, 0.15) is 212 Å². The maximum absolute atomic E-state index is 15.3. The largest absolute Gasteiger partial charge is 0.487 e. The van der Waals surface area contributed by atoms with Crippen molar-refractivity contribution in [2.45, 2.75) is 304 Å². The number of hydrogen-bond acceptors (Lipinski definition) is 22. The molecule has 1 aromatic heterocycles. The molecule has 7 rings (SSSR count). The zero-order chi connectivity index (χ0) is 96.7. The molecule has 0 radical (unpaired) electrons. The Kier molecular flexibility index (Phi) is 35.5. The van der Waals surface area contributed by atoms with Crippen molar-refractivity contribution in [3.8, 4) is 11.5 Å². The van der Waals surface area contributed by atoms with Crippen LogP contribution in [0.4, 0.5) is 4.79 Å². The lowest BCUT2D eigenvalue weighted by Gasteiger charge is -2.29. The number of benzene rings is 4. The number of carbonyl (C=O) groups excluding carboxylic acids is 11. The monoisotopic (exact) mass is 1830 g/mol. The average molecular weight is 1840 g/mol. The van der Waals surface area contributed by atoms with Crippen molar-refractivity contribution in [1.29, 1.82) is 10.8 Å². The number of amides is 9. The van der Waals surface area contributed by atoms with Gasteiger partial charge in [-0.3, -0.25) is 63.3 Å². The molecule has 0 bridgehead atoms. The highest BCUT2D eigenvalue weighted by Gasteiger charge is 2.42. The molecule has 0 unspecified atom stereocenters. The number of aromatic nitrogens is 1. The number of nitrogens with two attached hydrogens (primary N) is 1. The van der Waals surface area contributed by atoms with Crippen molar-refractivity contribution in [2.75, 3.05) is 26.2 Å². The standard InChI is InChI=1S/C91H135N17O19S2/c1-24-50(6)72(105-78(112)63(92)41-58-32-26-25-27-33-58)84(118)99-57(13)77(111)102-67(42-59-47-108(87(119)127-89(17,18)19)68-37-29-28-34-60(59)68)81(115)103-66(40-48(2)3)82(116)104-71(49(4)5)83(117)101-65(36-31-39-96-86(94)107-129(122,123)76-54(10)52(8)74-62(56(76)12)44-91(22,23)126-74)80(114)97-45-69(109)100-64(79(113)98-46-70(110)124-88(14,15)16)35-30-38-95-85(93)106-128(120,121)75-53(9)51(7)73-61(55(75)11)43-90(20,21)125-73/h25-29,32-34,37,47-50,57,63-67,71-72H,24,30-31,35-36,38-46,92H2,1-23H3,(H,97,114)(H,98,113)(H,99,118)(H,100,109)(H,101,117)(H,102,111)(H,103,115)(H,104,116)(H,105,112)(H3,93,95,106)(H3,94,96,107)/t50-,57-,63-,64-,65-,66-,67-,71-,72-/m0/s1. The number of nitrogens with zero attached hydrogens (tertiary/aromatic N) is 1. The second-order valence-electron chi connectivity index (χ2n) is 37.5. The molecule has 36 nitrogen and oxygen atoms in total. The smallest absolute Gasteiger partial charge is 0.419 e. The first-order chi connectivity index (χ1) is 59.8. The Morgan fingerprint density at radius 1 is 0.512 bits per heavy atom. The van der Waals surface area contributed by atoms with Crippen LogP contribution in [0.5, 0.6) is 11.5 Å². The van der Waals surface area contributed by atoms with Gasteiger partial charge in [0.25, 0.3) is 20.0 Å². The molecule has 4 aromatic carbocycles. The van der Waals surface area contributed by atoms with Crippen LogP contribution in [-0.2, 0) is 103 Å². The number of sulfonamides is 2. The van der Waals surface area contributed by atoms with E-state index in [4.69, 9.17) is 35.5 Å². The summed E-state index contributed by atoms with van der Waals surface area (Å²) in [5, 5.41) is 47.3. The summed E-state index contributed by atoms with van der Waals surface area (Å²) >= 11 is 0. The summed E-state index contributed by atoms with van der Waals surface area (Å²) in [5.74, 6) is -10.2. The summed E-state index contributed by atoms with van der Waals surface area (Å²) < 4.78 is 85.8. The number of nitrogens with one attached hydrogen (secondary N) is 15. The fraction of sp³-hybridized carbons (Fsp3) is 0.571. The summed E-state index contributed by atoms with van der Waals surface area (Å²) in [6.07, 6.45) is 1.23. The first-order valence-electron chi connectivity index (χ1n) is 43.7. The lowest BCUT2D eigenvalue weighted by atomic mass is 9.94. The predicted molar refractivity (Wildman–Crippen MR) is 489 cm³/mol. The second-order valence-corrected chi connectivity index (χ2v) is 40.7. The molecule has 2 aliphatic rings. The van der Waals surface area contributed by atoms with Crippen LogP contribution in [0.3, 0.4) is 0 Å². The maximum Gasteiger partial charge on any atom is 0.419 e. The van der Waals surface area contributed by atoms with E-state index in [2.05, 4.69) is 67.9 Å². The molecule has 0 aliphatic carbocycles. The Labute approximate surface area is 757 Å². The number of guanidine groups is 2. The van der Waals surface area contributed by atoms with Gasteiger partial charge in [0.1, 0.15) is 82.7 Å². The molecule has 3 heterocycles. The molecule has 9 amide bonds. The van der Waals surface area contributed by atoms with E-state index in [1.165, 1.54) is 17.7 Å². The third-order valence-corrected chi connectivity index (χ3v) is 25.5. The van der Waals surface area contributed by atoms with Gasteiger partial charge in [-0.15, -0.1) is 0 Å². The van der Waals surface area contributed by atoms with Gasteiger partial charge in [-0.25, -0.2) is 31.1 Å². The third kappa shape index (κ3) is 29.0. The molecule has 17 N–H and O–H groups in total. The van der Waals surface area contributed by atoms with Crippen LogP contribution in [0.25, 0.3) is 10.9 Å². The molecule has 9 atom stereocenters. The van der Waals surface area contributed by atoms with Crippen molar-refractivity contribution in [1.82, 2.24) is 72.5 Å². The van der Waals surface area contributed by atoms with E-state index in [-0.39, 0.29) is 73.7 Å². The third-order valence-electron chi connectivity index (χ3n) is 22.3. The first-order valence-corrected chi connectivity index (χ1v) is 46.7. The van der Waals surface area contributed by atoms with E-state index in [1.54, 1.807) is 154 Å². The van der Waals surface area contributed by atoms with Gasteiger partial charge in [-0.05, 0) is 225 Å². The Bertz CT molecular complexity index is 5270. The van der Waals surface area contributed by atoms with Gasteiger partial charge in [-0.2, -0.15) is 0 Å². The summed E-state index contributed by atoms with van der Waals surface area (Å²) in [5.41, 5.74) is 9.32. The normalized spacial score (nSPS) is 15.5. The Morgan fingerprint density at radius 3 is 1.47 bits per heavy atom. The minimum atomic E-state index is -4.42. The number of carbonyl (C=O) groups is 11. The van der Waals surface area contributed by atoms with Crippen molar-refractivity contribution in [3.05, 3.63) is 116 Å². The molecule has 129 heavy (non-hydrogen) atoms. The van der Waals surface area contributed by atoms with Gasteiger partial charge < -0.3 is 83.2 Å². The van der Waals surface area contributed by atoms with Gasteiger partial charge in [-0.1, -0.05) is 96.5 Å². The van der Waals surface area contributed by atoms with Crippen molar-refractivity contribution >= 4 is 108 Å². The van der Waals surface area contributed by atoms with Crippen LogP contribution in [-0.4, -0.2) is 195 Å². The van der Waals surface area contributed by atoms with E-state index < -0.39 is 193 Å². The zero-order valence-corrected chi connectivity index (χ0v) is 80.3. The molecule has 38 heteroatoms. The number of ether oxygens (including phenoxy) is 4. The molecule has 710 valence electrons. The topological polar surface area (TPSA) is 528 Å². The molecule has 5 aromatic rings. The molecule has 0 saturated heterocycles. The fourth-order valence-electron chi connectivity index (χ4n) is 15.4. The summed E-state index contributed by atoms with van der Waals surface area (Å²) in [6, 6.07) is 4.69. The minimum absolute atomic E-state index is 0.00603. The Hall–Kier alpha value is -11.4. The van der Waals surface area contributed by atoms with E-state index in [1.807, 2.05) is 52.8 Å². The molecular weight excluding hydrogens is 1700 g/mol.